The smallest absolute Gasteiger partial charge is 0.228 e. The Kier molecular flexibility index (Phi) is 6.36. The summed E-state index contributed by atoms with van der Waals surface area (Å²) in [4.78, 5) is 13.8. The standard InChI is InChI=1S/C17H30N8O2S/c1-13(2)11-20-28(26,27)10-5-18-16-15-14(12-19-24(15)4)21-17(22-16)25-8-6-23(3)7-9-25/h12-13,20H,5-11H2,1-4H3,(H,18,21,22). The van der Waals surface area contributed by atoms with Crippen molar-refractivity contribution in [3.63, 3.8) is 0 Å². The zero-order chi connectivity index (χ0) is 20.3. The molecular weight excluding hydrogens is 380 g/mol. The second kappa shape index (κ2) is 8.58. The molecule has 2 N–H and O–H groups in total. The van der Waals surface area contributed by atoms with E-state index in [0.29, 0.717) is 18.3 Å². The van der Waals surface area contributed by atoms with E-state index in [0.717, 1.165) is 37.2 Å². The lowest BCUT2D eigenvalue weighted by Gasteiger charge is -2.32. The van der Waals surface area contributed by atoms with Crippen molar-refractivity contribution in [1.82, 2.24) is 29.4 Å². The molecule has 0 aliphatic carbocycles. The summed E-state index contributed by atoms with van der Waals surface area (Å²) in [6.07, 6.45) is 1.71. The third-order valence-electron chi connectivity index (χ3n) is 4.74. The summed E-state index contributed by atoms with van der Waals surface area (Å²) < 4.78 is 28.6. The quantitative estimate of drug-likeness (QED) is 0.631. The largest absolute Gasteiger partial charge is 0.367 e. The summed E-state index contributed by atoms with van der Waals surface area (Å²) in [6, 6.07) is 0. The molecule has 28 heavy (non-hydrogen) atoms. The number of fused-ring (bicyclic) bond motifs is 1. The Morgan fingerprint density at radius 3 is 2.54 bits per heavy atom. The van der Waals surface area contributed by atoms with E-state index in [2.05, 4.69) is 42.0 Å². The van der Waals surface area contributed by atoms with E-state index in [1.807, 2.05) is 20.9 Å². The van der Waals surface area contributed by atoms with Crippen LogP contribution in [0.1, 0.15) is 13.8 Å². The van der Waals surface area contributed by atoms with Crippen LogP contribution in [0.15, 0.2) is 6.20 Å². The van der Waals surface area contributed by atoms with Gasteiger partial charge in [-0.1, -0.05) is 13.8 Å². The van der Waals surface area contributed by atoms with Crippen LogP contribution in [-0.2, 0) is 17.1 Å². The molecule has 1 saturated heterocycles. The number of aryl methyl sites for hydroxylation is 1. The average Bonchev–Trinajstić information content (AvgIpc) is 3.02. The van der Waals surface area contributed by atoms with E-state index in [-0.39, 0.29) is 18.2 Å². The van der Waals surface area contributed by atoms with Gasteiger partial charge in [-0.05, 0) is 13.0 Å². The molecular formula is C17H30N8O2S. The van der Waals surface area contributed by atoms with Crippen LogP contribution in [0.3, 0.4) is 0 Å². The molecule has 0 bridgehead atoms. The van der Waals surface area contributed by atoms with Crippen molar-refractivity contribution in [2.24, 2.45) is 13.0 Å². The fourth-order valence-electron chi connectivity index (χ4n) is 3.01. The molecule has 3 heterocycles. The highest BCUT2D eigenvalue weighted by atomic mass is 32.2. The second-order valence-corrected chi connectivity index (χ2v) is 9.58. The summed E-state index contributed by atoms with van der Waals surface area (Å²) in [6.45, 7) is 8.27. The number of aromatic nitrogens is 4. The van der Waals surface area contributed by atoms with Gasteiger partial charge in [-0.15, -0.1) is 0 Å². The summed E-state index contributed by atoms with van der Waals surface area (Å²) >= 11 is 0. The van der Waals surface area contributed by atoms with Crippen LogP contribution in [0.4, 0.5) is 11.8 Å². The third-order valence-corrected chi connectivity index (χ3v) is 6.08. The molecule has 0 amide bonds. The summed E-state index contributed by atoms with van der Waals surface area (Å²) in [7, 11) is 0.599. The van der Waals surface area contributed by atoms with Gasteiger partial charge in [-0.3, -0.25) is 4.68 Å². The van der Waals surface area contributed by atoms with Crippen molar-refractivity contribution in [1.29, 1.82) is 0 Å². The highest BCUT2D eigenvalue weighted by Crippen LogP contribution is 2.23. The highest BCUT2D eigenvalue weighted by molar-refractivity contribution is 7.89. The third kappa shape index (κ3) is 5.09. The normalized spacial score (nSPS) is 16.2. The van der Waals surface area contributed by atoms with Crippen LogP contribution in [0, 0.1) is 5.92 Å². The monoisotopic (exact) mass is 410 g/mol. The first-order valence-corrected chi connectivity index (χ1v) is 11.2. The lowest BCUT2D eigenvalue weighted by Crippen LogP contribution is -2.45. The first-order valence-electron chi connectivity index (χ1n) is 9.59. The van der Waals surface area contributed by atoms with Gasteiger partial charge in [0, 0.05) is 46.3 Å². The molecule has 3 rings (SSSR count). The SMILES string of the molecule is CC(C)CNS(=O)(=O)CCNc1nc(N2CCN(C)CC2)nc2cnn(C)c12. The van der Waals surface area contributed by atoms with Gasteiger partial charge in [0.25, 0.3) is 0 Å². The van der Waals surface area contributed by atoms with Crippen LogP contribution in [0.2, 0.25) is 0 Å². The minimum atomic E-state index is -3.33. The van der Waals surface area contributed by atoms with E-state index in [4.69, 9.17) is 0 Å². The van der Waals surface area contributed by atoms with Gasteiger partial charge >= 0.3 is 0 Å². The van der Waals surface area contributed by atoms with Crippen LogP contribution in [0.25, 0.3) is 11.0 Å². The molecule has 11 heteroatoms. The maximum atomic E-state index is 12.1. The summed E-state index contributed by atoms with van der Waals surface area (Å²) in [5, 5.41) is 7.46. The number of piperazine rings is 1. The Bertz CT molecular complexity index is 903. The van der Waals surface area contributed by atoms with E-state index in [1.165, 1.54) is 0 Å². The Morgan fingerprint density at radius 2 is 1.86 bits per heavy atom. The number of sulfonamides is 1. The lowest BCUT2D eigenvalue weighted by molar-refractivity contribution is 0.311. The maximum absolute atomic E-state index is 12.1. The number of nitrogens with zero attached hydrogens (tertiary/aromatic N) is 6. The lowest BCUT2D eigenvalue weighted by atomic mass is 10.2. The Labute approximate surface area is 166 Å². The van der Waals surface area contributed by atoms with Gasteiger partial charge < -0.3 is 15.1 Å². The minimum Gasteiger partial charge on any atom is -0.367 e. The average molecular weight is 411 g/mol. The van der Waals surface area contributed by atoms with Crippen molar-refractivity contribution in [2.45, 2.75) is 13.8 Å². The highest BCUT2D eigenvalue weighted by Gasteiger charge is 2.20. The minimum absolute atomic E-state index is 0.0209. The molecule has 0 aromatic carbocycles. The number of likely N-dealkylation sites (N-methyl/N-ethyl adjacent to an activating group) is 1. The van der Waals surface area contributed by atoms with Gasteiger partial charge in [0.15, 0.2) is 5.82 Å². The Balaban J connectivity index is 1.75. The van der Waals surface area contributed by atoms with Gasteiger partial charge in [-0.25, -0.2) is 18.1 Å². The number of hydrogen-bond acceptors (Lipinski definition) is 8. The Morgan fingerprint density at radius 1 is 1.14 bits per heavy atom. The second-order valence-electron chi connectivity index (χ2n) is 7.65. The fraction of sp³-hybridized carbons (Fsp3) is 0.706. The van der Waals surface area contributed by atoms with Crippen LogP contribution in [-0.4, -0.2) is 85.1 Å². The van der Waals surface area contributed by atoms with Crippen molar-refractivity contribution in [2.75, 3.05) is 62.3 Å². The number of rotatable bonds is 8. The molecule has 0 saturated carbocycles. The zero-order valence-electron chi connectivity index (χ0n) is 17.0. The molecule has 0 spiro atoms. The first kappa shape index (κ1) is 20.7. The molecule has 0 radical (unpaired) electrons. The fourth-order valence-corrected chi connectivity index (χ4v) is 4.11. The van der Waals surface area contributed by atoms with Crippen LogP contribution in [0.5, 0.6) is 0 Å². The molecule has 1 aliphatic rings. The van der Waals surface area contributed by atoms with Gasteiger partial charge in [0.05, 0.1) is 11.9 Å². The Hall–Kier alpha value is -1.98. The topological polar surface area (TPSA) is 108 Å². The summed E-state index contributed by atoms with van der Waals surface area (Å²) in [5.41, 5.74) is 1.51. The number of nitrogens with one attached hydrogen (secondary N) is 2. The predicted molar refractivity (Wildman–Crippen MR) is 111 cm³/mol. The van der Waals surface area contributed by atoms with E-state index < -0.39 is 10.0 Å². The molecule has 2 aromatic heterocycles. The van der Waals surface area contributed by atoms with Crippen LogP contribution < -0.4 is 14.9 Å². The first-order chi connectivity index (χ1) is 13.2. The zero-order valence-corrected chi connectivity index (χ0v) is 17.8. The predicted octanol–water partition coefficient (Wildman–Crippen LogP) is 0.102. The van der Waals surface area contributed by atoms with E-state index in [9.17, 15) is 8.42 Å². The van der Waals surface area contributed by atoms with Crippen molar-refractivity contribution >= 4 is 32.8 Å². The summed E-state index contributed by atoms with van der Waals surface area (Å²) in [5.74, 6) is 1.51. The van der Waals surface area contributed by atoms with Crippen molar-refractivity contribution in [3.05, 3.63) is 6.20 Å². The molecule has 10 nitrogen and oxygen atoms in total. The number of hydrogen-bond donors (Lipinski definition) is 2. The van der Waals surface area contributed by atoms with Crippen LogP contribution >= 0.6 is 0 Å². The van der Waals surface area contributed by atoms with Gasteiger partial charge in [0.2, 0.25) is 16.0 Å². The molecule has 1 aliphatic heterocycles. The van der Waals surface area contributed by atoms with E-state index >= 15 is 0 Å². The van der Waals surface area contributed by atoms with Crippen molar-refractivity contribution in [3.8, 4) is 0 Å². The van der Waals surface area contributed by atoms with E-state index in [1.54, 1.807) is 10.9 Å². The number of anilines is 2. The van der Waals surface area contributed by atoms with Gasteiger partial charge in [0.1, 0.15) is 11.0 Å². The molecule has 0 atom stereocenters. The molecule has 156 valence electrons. The molecule has 0 unspecified atom stereocenters. The van der Waals surface area contributed by atoms with Gasteiger partial charge in [-0.2, -0.15) is 10.1 Å². The van der Waals surface area contributed by atoms with Crippen molar-refractivity contribution < 1.29 is 8.42 Å². The molecule has 2 aromatic rings. The maximum Gasteiger partial charge on any atom is 0.228 e. The molecule has 1 fully saturated rings.